The van der Waals surface area contributed by atoms with Gasteiger partial charge in [-0.15, -0.1) is 0 Å². The van der Waals surface area contributed by atoms with Gasteiger partial charge in [-0.1, -0.05) is 48.0 Å². The molecule has 3 rings (SSSR count). The molecule has 1 heterocycles. The Bertz CT molecular complexity index is 1230. The first-order valence-corrected chi connectivity index (χ1v) is 11.1. The number of hydrogen-bond acceptors (Lipinski definition) is 6. The van der Waals surface area contributed by atoms with E-state index in [9.17, 15) is 18.8 Å². The Hall–Kier alpha value is -3.88. The van der Waals surface area contributed by atoms with Gasteiger partial charge in [0.25, 0.3) is 0 Å². The van der Waals surface area contributed by atoms with Crippen LogP contribution in [-0.4, -0.2) is 60.5 Å². The Morgan fingerprint density at radius 3 is 2.83 bits per heavy atom. The van der Waals surface area contributed by atoms with Crippen LogP contribution in [0.3, 0.4) is 0 Å². The fourth-order valence-electron chi connectivity index (χ4n) is 3.24. The number of nitrogens with one attached hydrogen (secondary N) is 1. The highest BCUT2D eigenvalue weighted by Gasteiger charge is 2.36. The molecule has 13 heteroatoms. The standard InChI is InChI=1S/C23H20Cl2F2N6O3/c1-3-9-35-23(34)32(2)19-12-33(31-20(19)14-7-8-17(24)18(25)10-14)22(29-13-28)30-15-5-4-6-16(11-15)36-21(26)27/h3-8,10-11,19,21H,1,9,12H2,2H3,(H,29,30). The molecule has 1 aliphatic heterocycles. The minimum atomic E-state index is -3.00. The lowest BCUT2D eigenvalue weighted by Crippen LogP contribution is -2.46. The molecule has 9 nitrogen and oxygen atoms in total. The maximum absolute atomic E-state index is 12.6. The molecule has 0 saturated heterocycles. The molecule has 0 aliphatic carbocycles. The number of likely N-dealkylation sites (N-methyl/N-ethyl adjacent to an activating group) is 1. The van der Waals surface area contributed by atoms with Crippen molar-refractivity contribution in [2.75, 3.05) is 20.2 Å². The molecule has 0 saturated carbocycles. The SMILES string of the molecule is C=CCOC(=O)N(C)C1CN(C(=Nc2cccc(OC(F)F)c2)NC#N)N=C1c1ccc(Cl)c(Cl)c1. The van der Waals surface area contributed by atoms with Gasteiger partial charge in [0.15, 0.2) is 6.19 Å². The van der Waals surface area contributed by atoms with E-state index in [-0.39, 0.29) is 35.6 Å². The zero-order valence-corrected chi connectivity index (χ0v) is 20.4. The molecule has 1 unspecified atom stereocenters. The molecular formula is C23H20Cl2F2N6O3. The van der Waals surface area contributed by atoms with Crippen LogP contribution in [0, 0.1) is 11.5 Å². The van der Waals surface area contributed by atoms with Crippen molar-refractivity contribution in [1.29, 1.82) is 5.26 Å². The number of amides is 1. The number of halogens is 4. The fourth-order valence-corrected chi connectivity index (χ4v) is 3.54. The number of nitriles is 1. The van der Waals surface area contributed by atoms with E-state index in [0.717, 1.165) is 0 Å². The van der Waals surface area contributed by atoms with E-state index in [0.29, 0.717) is 16.3 Å². The summed E-state index contributed by atoms with van der Waals surface area (Å²) in [5.74, 6) is -0.119. The third-order valence-corrected chi connectivity index (χ3v) is 5.61. The molecule has 36 heavy (non-hydrogen) atoms. The highest BCUT2D eigenvalue weighted by atomic mass is 35.5. The number of rotatable bonds is 7. The zero-order chi connectivity index (χ0) is 26.2. The molecule has 188 valence electrons. The van der Waals surface area contributed by atoms with Gasteiger partial charge in [-0.3, -0.25) is 5.32 Å². The van der Waals surface area contributed by atoms with Gasteiger partial charge >= 0.3 is 12.7 Å². The van der Waals surface area contributed by atoms with Crippen molar-refractivity contribution in [3.8, 4) is 11.9 Å². The number of guanidine groups is 1. The van der Waals surface area contributed by atoms with Crippen molar-refractivity contribution in [2.24, 2.45) is 10.1 Å². The molecule has 1 amide bonds. The normalized spacial score (nSPS) is 15.2. The summed E-state index contributed by atoms with van der Waals surface area (Å²) < 4.78 is 34.7. The maximum Gasteiger partial charge on any atom is 0.410 e. The Labute approximate surface area is 215 Å². The third-order valence-electron chi connectivity index (χ3n) is 4.88. The van der Waals surface area contributed by atoms with Crippen molar-refractivity contribution in [2.45, 2.75) is 12.7 Å². The second kappa shape index (κ2) is 12.2. The highest BCUT2D eigenvalue weighted by Crippen LogP contribution is 2.27. The predicted octanol–water partition coefficient (Wildman–Crippen LogP) is 5.00. The van der Waals surface area contributed by atoms with Crippen LogP contribution in [-0.2, 0) is 4.74 Å². The largest absolute Gasteiger partial charge is 0.445 e. The molecule has 2 aromatic carbocycles. The van der Waals surface area contributed by atoms with Gasteiger partial charge in [-0.25, -0.2) is 14.8 Å². The summed E-state index contributed by atoms with van der Waals surface area (Å²) >= 11 is 12.2. The summed E-state index contributed by atoms with van der Waals surface area (Å²) in [6.07, 6.45) is 2.59. The first-order valence-electron chi connectivity index (χ1n) is 10.3. The second-order valence-corrected chi connectivity index (χ2v) is 8.05. The molecule has 0 fully saturated rings. The lowest BCUT2D eigenvalue weighted by Gasteiger charge is -2.25. The van der Waals surface area contributed by atoms with Crippen molar-refractivity contribution >= 4 is 46.7 Å². The summed E-state index contributed by atoms with van der Waals surface area (Å²) in [4.78, 5) is 18.2. The van der Waals surface area contributed by atoms with Crippen LogP contribution in [0.25, 0.3) is 0 Å². The van der Waals surface area contributed by atoms with Gasteiger partial charge in [-0.2, -0.15) is 19.1 Å². The number of alkyl halides is 2. The topological polar surface area (TPSA) is 103 Å². The highest BCUT2D eigenvalue weighted by molar-refractivity contribution is 6.42. The Morgan fingerprint density at radius 2 is 2.17 bits per heavy atom. The van der Waals surface area contributed by atoms with Crippen molar-refractivity contribution in [3.63, 3.8) is 0 Å². The number of aliphatic imine (C=N–C) groups is 1. The Balaban J connectivity index is 2.00. The quantitative estimate of drug-likeness (QED) is 0.176. The number of hydrazone groups is 1. The van der Waals surface area contributed by atoms with Gasteiger partial charge in [0, 0.05) is 18.7 Å². The van der Waals surface area contributed by atoms with Crippen LogP contribution in [0.1, 0.15) is 5.56 Å². The van der Waals surface area contributed by atoms with Gasteiger partial charge in [0.1, 0.15) is 12.4 Å². The Morgan fingerprint density at radius 1 is 1.39 bits per heavy atom. The molecular weight excluding hydrogens is 517 g/mol. The van der Waals surface area contributed by atoms with E-state index in [2.05, 4.69) is 26.7 Å². The van der Waals surface area contributed by atoms with Crippen molar-refractivity contribution < 1.29 is 23.0 Å². The van der Waals surface area contributed by atoms with Crippen LogP contribution in [0.4, 0.5) is 19.3 Å². The lowest BCUT2D eigenvalue weighted by atomic mass is 10.0. The van der Waals surface area contributed by atoms with E-state index in [1.165, 1.54) is 47.3 Å². The monoisotopic (exact) mass is 536 g/mol. The minimum absolute atomic E-state index is 0.0125. The number of benzene rings is 2. The smallest absolute Gasteiger partial charge is 0.410 e. The van der Waals surface area contributed by atoms with Crippen LogP contribution in [0.5, 0.6) is 5.75 Å². The second-order valence-electron chi connectivity index (χ2n) is 7.24. The summed E-state index contributed by atoms with van der Waals surface area (Å²) in [6, 6.07) is 9.87. The van der Waals surface area contributed by atoms with Crippen LogP contribution in [0.15, 0.2) is 65.2 Å². The molecule has 1 atom stereocenters. The molecule has 2 aromatic rings. The number of hydrogen-bond donors (Lipinski definition) is 1. The molecule has 0 aromatic heterocycles. The maximum atomic E-state index is 12.6. The summed E-state index contributed by atoms with van der Waals surface area (Å²) in [6.45, 7) is 0.615. The van der Waals surface area contributed by atoms with E-state index in [1.807, 2.05) is 0 Å². The van der Waals surface area contributed by atoms with Crippen LogP contribution < -0.4 is 10.1 Å². The first-order chi connectivity index (χ1) is 17.2. The van der Waals surface area contributed by atoms with Gasteiger partial charge in [0.2, 0.25) is 5.96 Å². The summed E-state index contributed by atoms with van der Waals surface area (Å²) in [5.41, 5.74) is 1.22. The van der Waals surface area contributed by atoms with Crippen LogP contribution >= 0.6 is 23.2 Å². The van der Waals surface area contributed by atoms with Gasteiger partial charge in [-0.05, 0) is 24.3 Å². The number of ether oxygens (including phenoxy) is 2. The number of nitrogens with zero attached hydrogens (tertiary/aromatic N) is 5. The van der Waals surface area contributed by atoms with Crippen molar-refractivity contribution in [1.82, 2.24) is 15.2 Å². The zero-order valence-electron chi connectivity index (χ0n) is 18.9. The van der Waals surface area contributed by atoms with E-state index in [1.54, 1.807) is 24.4 Å². The van der Waals surface area contributed by atoms with Crippen LogP contribution in [0.2, 0.25) is 10.0 Å². The number of carbonyl (C=O) groups excluding carboxylic acids is 1. The summed E-state index contributed by atoms with van der Waals surface area (Å²) in [7, 11) is 1.53. The van der Waals surface area contributed by atoms with Crippen molar-refractivity contribution in [3.05, 3.63) is 70.7 Å². The lowest BCUT2D eigenvalue weighted by molar-refractivity contribution is -0.0498. The number of carbonyl (C=O) groups is 1. The summed E-state index contributed by atoms with van der Waals surface area (Å²) in [5, 5.41) is 18.3. The Kier molecular flexibility index (Phi) is 9.05. The predicted molar refractivity (Wildman–Crippen MR) is 132 cm³/mol. The molecule has 0 radical (unpaired) electrons. The molecule has 1 aliphatic rings. The minimum Gasteiger partial charge on any atom is -0.445 e. The van der Waals surface area contributed by atoms with E-state index < -0.39 is 18.7 Å². The van der Waals surface area contributed by atoms with E-state index >= 15 is 0 Å². The molecule has 0 bridgehead atoms. The molecule has 0 spiro atoms. The first kappa shape index (κ1) is 26.7. The molecule has 1 N–H and O–H groups in total. The van der Waals surface area contributed by atoms with Gasteiger partial charge in [0.05, 0.1) is 34.0 Å². The third kappa shape index (κ3) is 6.62. The average Bonchev–Trinajstić information content (AvgIpc) is 3.28. The van der Waals surface area contributed by atoms with E-state index in [4.69, 9.17) is 27.9 Å². The van der Waals surface area contributed by atoms with Gasteiger partial charge < -0.3 is 14.4 Å². The average molecular weight is 537 g/mol. The fraction of sp³-hybridized carbons (Fsp3) is 0.217.